The van der Waals surface area contributed by atoms with Crippen molar-refractivity contribution in [3.63, 3.8) is 0 Å². The third kappa shape index (κ3) is 4.52. The highest BCUT2D eigenvalue weighted by atomic mass is 32.2. The number of carbonyl (C=O) groups excluding carboxylic acids is 2. The predicted octanol–water partition coefficient (Wildman–Crippen LogP) is 5.78. The molecule has 4 nitrogen and oxygen atoms in total. The van der Waals surface area contributed by atoms with E-state index in [2.05, 4.69) is 12.1 Å². The van der Waals surface area contributed by atoms with Crippen molar-refractivity contribution in [3.8, 4) is 5.75 Å². The van der Waals surface area contributed by atoms with E-state index in [-0.39, 0.29) is 17.8 Å². The van der Waals surface area contributed by atoms with Crippen LogP contribution in [-0.2, 0) is 4.79 Å². The first-order valence-corrected chi connectivity index (χ1v) is 13.1. The smallest absolute Gasteiger partial charge is 0.314 e. The molecule has 0 saturated carbocycles. The fraction of sp³-hybridized carbons (Fsp3) is 0.308. The van der Waals surface area contributed by atoms with Crippen LogP contribution < -0.4 is 4.74 Å². The van der Waals surface area contributed by atoms with Crippen LogP contribution in [0.2, 0.25) is 0 Å². The van der Waals surface area contributed by atoms with Gasteiger partial charge in [0.05, 0.1) is 10.5 Å². The van der Waals surface area contributed by atoms with Gasteiger partial charge in [0.25, 0.3) is 5.91 Å². The molecule has 0 N–H and O–H groups in total. The molecule has 1 amide bonds. The number of fused-ring (bicyclic) bond motifs is 1. The summed E-state index contributed by atoms with van der Waals surface area (Å²) in [6.45, 7) is 1.13. The maximum atomic E-state index is 13.1. The van der Waals surface area contributed by atoms with Gasteiger partial charge >= 0.3 is 5.97 Å². The minimum Gasteiger partial charge on any atom is -0.426 e. The molecule has 32 heavy (non-hydrogen) atoms. The van der Waals surface area contributed by atoms with Crippen molar-refractivity contribution in [2.75, 3.05) is 24.6 Å². The second kappa shape index (κ2) is 9.59. The minimum atomic E-state index is -0.195. The number of esters is 1. The van der Waals surface area contributed by atoms with Crippen molar-refractivity contribution in [1.29, 1.82) is 0 Å². The van der Waals surface area contributed by atoms with Gasteiger partial charge in [-0.25, -0.2) is 0 Å². The molecule has 0 radical (unpaired) electrons. The number of carbonyl (C=O) groups is 2. The van der Waals surface area contributed by atoms with Gasteiger partial charge in [-0.15, -0.1) is 23.5 Å². The van der Waals surface area contributed by atoms with Crippen molar-refractivity contribution in [2.45, 2.75) is 17.4 Å². The third-order valence-corrected chi connectivity index (χ3v) is 9.23. The molecule has 0 atom stereocenters. The quantitative estimate of drug-likeness (QED) is 0.363. The maximum absolute atomic E-state index is 13.1. The number of piperidine rings is 1. The van der Waals surface area contributed by atoms with Gasteiger partial charge in [0.2, 0.25) is 0 Å². The normalized spacial score (nSPS) is 17.6. The van der Waals surface area contributed by atoms with E-state index in [1.807, 2.05) is 83.0 Å². The Hall–Kier alpha value is -2.44. The van der Waals surface area contributed by atoms with Crippen LogP contribution in [0.5, 0.6) is 5.75 Å². The first kappa shape index (κ1) is 21.4. The lowest BCUT2D eigenvalue weighted by atomic mass is 9.95. The van der Waals surface area contributed by atoms with E-state index in [1.54, 1.807) is 0 Å². The van der Waals surface area contributed by atoms with Crippen LogP contribution in [-0.4, -0.2) is 41.4 Å². The number of ether oxygens (including phenoxy) is 1. The van der Waals surface area contributed by atoms with Crippen LogP contribution in [0.25, 0.3) is 10.8 Å². The van der Waals surface area contributed by atoms with E-state index < -0.39 is 0 Å². The predicted molar refractivity (Wildman–Crippen MR) is 132 cm³/mol. The van der Waals surface area contributed by atoms with Crippen molar-refractivity contribution in [2.24, 2.45) is 5.92 Å². The van der Waals surface area contributed by atoms with Crippen LogP contribution in [0.1, 0.15) is 33.3 Å². The van der Waals surface area contributed by atoms with Crippen molar-refractivity contribution >= 4 is 46.2 Å². The SMILES string of the molecule is O=C(Oc1ccc(C2SCCS2)cc1)C1CCN(C(=O)c2cccc3ccccc23)CC1. The molecular formula is C26H25NO3S2. The summed E-state index contributed by atoms with van der Waals surface area (Å²) >= 11 is 3.92. The molecule has 3 aromatic carbocycles. The summed E-state index contributed by atoms with van der Waals surface area (Å²) in [6, 6.07) is 21.7. The van der Waals surface area contributed by atoms with Gasteiger partial charge in [0.15, 0.2) is 0 Å². The lowest BCUT2D eigenvalue weighted by Crippen LogP contribution is -2.41. The molecule has 0 spiro atoms. The summed E-state index contributed by atoms with van der Waals surface area (Å²) in [6.07, 6.45) is 1.26. The number of rotatable bonds is 4. The first-order chi connectivity index (χ1) is 15.7. The average molecular weight is 464 g/mol. The number of nitrogens with zero attached hydrogens (tertiary/aromatic N) is 1. The summed E-state index contributed by atoms with van der Waals surface area (Å²) in [7, 11) is 0. The van der Waals surface area contributed by atoms with Gasteiger partial charge in [-0.1, -0.05) is 48.5 Å². The zero-order chi connectivity index (χ0) is 21.9. The second-order valence-electron chi connectivity index (χ2n) is 8.16. The Labute approximate surface area is 196 Å². The number of thioether (sulfide) groups is 2. The van der Waals surface area contributed by atoms with Gasteiger partial charge < -0.3 is 9.64 Å². The Morgan fingerprint density at radius 1 is 0.844 bits per heavy atom. The molecule has 2 aliphatic heterocycles. The van der Waals surface area contributed by atoms with E-state index in [4.69, 9.17) is 4.74 Å². The number of amides is 1. The van der Waals surface area contributed by atoms with Gasteiger partial charge in [0, 0.05) is 30.2 Å². The standard InChI is InChI=1S/C26H25NO3S2/c28-24(23-7-3-5-18-4-1-2-6-22(18)23)27-14-12-19(13-15-27)25(29)30-21-10-8-20(9-11-21)26-31-16-17-32-26/h1-11,19,26H,12-17H2. The van der Waals surface area contributed by atoms with Crippen LogP contribution in [0.15, 0.2) is 66.7 Å². The molecule has 0 aliphatic carbocycles. The summed E-state index contributed by atoms with van der Waals surface area (Å²) in [5, 5.41) is 2.03. The highest BCUT2D eigenvalue weighted by Gasteiger charge is 2.29. The summed E-state index contributed by atoms with van der Waals surface area (Å²) in [4.78, 5) is 27.7. The summed E-state index contributed by atoms with van der Waals surface area (Å²) < 4.78 is 6.14. The number of likely N-dealkylation sites (tertiary alicyclic amines) is 1. The van der Waals surface area contributed by atoms with Crippen molar-refractivity contribution in [1.82, 2.24) is 4.90 Å². The van der Waals surface area contributed by atoms with Crippen molar-refractivity contribution in [3.05, 3.63) is 77.9 Å². The van der Waals surface area contributed by atoms with Crippen LogP contribution in [0.3, 0.4) is 0 Å². The van der Waals surface area contributed by atoms with E-state index in [0.29, 0.717) is 36.3 Å². The van der Waals surface area contributed by atoms with E-state index >= 15 is 0 Å². The van der Waals surface area contributed by atoms with Gasteiger partial charge in [-0.3, -0.25) is 9.59 Å². The molecular weight excluding hydrogens is 438 g/mol. The van der Waals surface area contributed by atoms with Gasteiger partial charge in [-0.2, -0.15) is 0 Å². The van der Waals surface area contributed by atoms with E-state index in [9.17, 15) is 9.59 Å². The van der Waals surface area contributed by atoms with Crippen LogP contribution in [0, 0.1) is 5.92 Å². The molecule has 2 saturated heterocycles. The summed E-state index contributed by atoms with van der Waals surface area (Å²) in [5.74, 6) is 2.64. The lowest BCUT2D eigenvalue weighted by molar-refractivity contribution is -0.140. The Balaban J connectivity index is 1.18. The van der Waals surface area contributed by atoms with E-state index in [0.717, 1.165) is 16.3 Å². The number of benzene rings is 3. The third-order valence-electron chi connectivity index (χ3n) is 6.13. The number of hydrogen-bond donors (Lipinski definition) is 0. The van der Waals surface area contributed by atoms with Crippen LogP contribution in [0.4, 0.5) is 0 Å². The van der Waals surface area contributed by atoms with E-state index in [1.165, 1.54) is 17.1 Å². The Bertz CT molecular complexity index is 1110. The Morgan fingerprint density at radius 3 is 2.28 bits per heavy atom. The van der Waals surface area contributed by atoms with Gasteiger partial charge in [-0.05, 0) is 47.4 Å². The highest BCUT2D eigenvalue weighted by Crippen LogP contribution is 2.45. The first-order valence-electron chi connectivity index (χ1n) is 11.0. The summed E-state index contributed by atoms with van der Waals surface area (Å²) in [5.41, 5.74) is 2.00. The minimum absolute atomic E-state index is 0.0341. The van der Waals surface area contributed by atoms with Crippen molar-refractivity contribution < 1.29 is 14.3 Å². The zero-order valence-electron chi connectivity index (χ0n) is 17.7. The monoisotopic (exact) mass is 463 g/mol. The average Bonchev–Trinajstić information content (AvgIpc) is 3.39. The largest absolute Gasteiger partial charge is 0.426 e. The Kier molecular flexibility index (Phi) is 6.42. The van der Waals surface area contributed by atoms with Crippen LogP contribution >= 0.6 is 23.5 Å². The molecule has 2 fully saturated rings. The topological polar surface area (TPSA) is 46.6 Å². The molecule has 0 unspecified atom stereocenters. The molecule has 5 rings (SSSR count). The molecule has 3 aromatic rings. The fourth-order valence-electron chi connectivity index (χ4n) is 4.34. The molecule has 164 valence electrons. The molecule has 6 heteroatoms. The maximum Gasteiger partial charge on any atom is 0.314 e. The van der Waals surface area contributed by atoms with Gasteiger partial charge in [0.1, 0.15) is 5.75 Å². The molecule has 2 aliphatic rings. The second-order valence-corrected chi connectivity index (χ2v) is 10.9. The lowest BCUT2D eigenvalue weighted by Gasteiger charge is -2.31. The highest BCUT2D eigenvalue weighted by molar-refractivity contribution is 8.19. The molecule has 0 aromatic heterocycles. The zero-order valence-corrected chi connectivity index (χ0v) is 19.4. The Morgan fingerprint density at radius 2 is 1.53 bits per heavy atom. The molecule has 0 bridgehead atoms. The fourth-order valence-corrected chi connectivity index (χ4v) is 7.20. The number of hydrogen-bond acceptors (Lipinski definition) is 5. The molecule has 2 heterocycles.